The standard InChI is InChI=1S/C14H13N3O/c1-8-5-11-12(6-9(8)2)17-14(16-11)10-3-4-13(18)15-7-10/h3-7H,1-2H3,(H,15,18)(H,16,17). The van der Waals surface area contributed by atoms with E-state index >= 15 is 0 Å². The number of nitrogens with one attached hydrogen (secondary N) is 2. The summed E-state index contributed by atoms with van der Waals surface area (Å²) >= 11 is 0. The number of nitrogens with zero attached hydrogens (tertiary/aromatic N) is 1. The Morgan fingerprint density at radius 2 is 1.89 bits per heavy atom. The molecule has 0 aliphatic rings. The van der Waals surface area contributed by atoms with Crippen LogP contribution in [0.2, 0.25) is 0 Å². The third-order valence-corrected chi connectivity index (χ3v) is 3.15. The monoisotopic (exact) mass is 239 g/mol. The van der Waals surface area contributed by atoms with Gasteiger partial charge in [-0.05, 0) is 43.2 Å². The second-order valence-corrected chi connectivity index (χ2v) is 4.48. The van der Waals surface area contributed by atoms with Gasteiger partial charge in [-0.25, -0.2) is 4.98 Å². The topological polar surface area (TPSA) is 61.5 Å². The normalized spacial score (nSPS) is 11.0. The maximum atomic E-state index is 11.0. The van der Waals surface area contributed by atoms with Gasteiger partial charge in [0.2, 0.25) is 5.56 Å². The van der Waals surface area contributed by atoms with E-state index in [1.54, 1.807) is 12.3 Å². The third kappa shape index (κ3) is 1.72. The van der Waals surface area contributed by atoms with Gasteiger partial charge in [0, 0.05) is 17.8 Å². The Morgan fingerprint density at radius 1 is 1.11 bits per heavy atom. The van der Waals surface area contributed by atoms with Gasteiger partial charge in [0.25, 0.3) is 0 Å². The molecule has 0 bridgehead atoms. The van der Waals surface area contributed by atoms with Gasteiger partial charge in [0.15, 0.2) is 0 Å². The Labute approximate surface area is 104 Å². The molecule has 0 saturated heterocycles. The molecule has 0 fully saturated rings. The molecule has 3 aromatic rings. The van der Waals surface area contributed by atoms with Crippen LogP contribution < -0.4 is 5.56 Å². The summed E-state index contributed by atoms with van der Waals surface area (Å²) in [4.78, 5) is 21.5. The number of aryl methyl sites for hydroxylation is 2. The second kappa shape index (κ2) is 3.84. The zero-order valence-electron chi connectivity index (χ0n) is 10.2. The third-order valence-electron chi connectivity index (χ3n) is 3.15. The molecule has 4 nitrogen and oxygen atoms in total. The van der Waals surface area contributed by atoms with Gasteiger partial charge < -0.3 is 9.97 Å². The Balaban J connectivity index is 2.19. The predicted molar refractivity (Wildman–Crippen MR) is 71.6 cm³/mol. The number of fused-ring (bicyclic) bond motifs is 1. The van der Waals surface area contributed by atoms with Gasteiger partial charge >= 0.3 is 0 Å². The van der Waals surface area contributed by atoms with Crippen molar-refractivity contribution in [3.63, 3.8) is 0 Å². The van der Waals surface area contributed by atoms with Crippen LogP contribution in [0.4, 0.5) is 0 Å². The van der Waals surface area contributed by atoms with E-state index in [4.69, 9.17) is 0 Å². The number of aromatic nitrogens is 3. The fourth-order valence-electron chi connectivity index (χ4n) is 1.96. The maximum Gasteiger partial charge on any atom is 0.247 e. The van der Waals surface area contributed by atoms with E-state index in [1.165, 1.54) is 17.2 Å². The smallest absolute Gasteiger partial charge is 0.247 e. The maximum absolute atomic E-state index is 11.0. The molecule has 2 N–H and O–H groups in total. The van der Waals surface area contributed by atoms with Crippen LogP contribution in [0, 0.1) is 13.8 Å². The molecule has 18 heavy (non-hydrogen) atoms. The summed E-state index contributed by atoms with van der Waals surface area (Å²) < 4.78 is 0. The molecule has 0 atom stereocenters. The molecule has 0 spiro atoms. The van der Waals surface area contributed by atoms with Crippen LogP contribution >= 0.6 is 0 Å². The van der Waals surface area contributed by atoms with Crippen molar-refractivity contribution in [3.8, 4) is 11.4 Å². The SMILES string of the molecule is Cc1cc2nc(-c3ccc(=O)[nH]c3)[nH]c2cc1C. The van der Waals surface area contributed by atoms with Gasteiger partial charge in [0.1, 0.15) is 5.82 Å². The Kier molecular flexibility index (Phi) is 2.30. The highest BCUT2D eigenvalue weighted by atomic mass is 16.1. The highest BCUT2D eigenvalue weighted by molar-refractivity contribution is 5.80. The molecule has 0 saturated carbocycles. The number of aromatic amines is 2. The minimum absolute atomic E-state index is 0.110. The first-order valence-corrected chi connectivity index (χ1v) is 5.79. The van der Waals surface area contributed by atoms with Gasteiger partial charge in [-0.15, -0.1) is 0 Å². The van der Waals surface area contributed by atoms with Crippen molar-refractivity contribution in [1.82, 2.24) is 15.0 Å². The summed E-state index contributed by atoms with van der Waals surface area (Å²) in [5, 5.41) is 0. The largest absolute Gasteiger partial charge is 0.338 e. The lowest BCUT2D eigenvalue weighted by Crippen LogP contribution is -2.01. The van der Waals surface area contributed by atoms with Crippen LogP contribution in [0.15, 0.2) is 35.3 Å². The summed E-state index contributed by atoms with van der Waals surface area (Å²) in [5.74, 6) is 0.770. The number of hydrogen-bond donors (Lipinski definition) is 2. The molecular weight excluding hydrogens is 226 g/mol. The van der Waals surface area contributed by atoms with E-state index in [9.17, 15) is 4.79 Å². The summed E-state index contributed by atoms with van der Waals surface area (Å²) in [6.45, 7) is 4.15. The number of H-pyrrole nitrogens is 2. The van der Waals surface area contributed by atoms with Crippen molar-refractivity contribution >= 4 is 11.0 Å². The van der Waals surface area contributed by atoms with E-state index in [0.29, 0.717) is 0 Å². The van der Waals surface area contributed by atoms with Gasteiger partial charge in [-0.1, -0.05) is 0 Å². The average molecular weight is 239 g/mol. The molecule has 3 rings (SSSR count). The summed E-state index contributed by atoms with van der Waals surface area (Å²) in [5.41, 5.74) is 5.18. The van der Waals surface area contributed by atoms with Crippen molar-refractivity contribution in [2.24, 2.45) is 0 Å². The molecule has 4 heteroatoms. The van der Waals surface area contributed by atoms with E-state index in [0.717, 1.165) is 22.4 Å². The van der Waals surface area contributed by atoms with Crippen LogP contribution in [-0.2, 0) is 0 Å². The highest BCUT2D eigenvalue weighted by Gasteiger charge is 2.06. The summed E-state index contributed by atoms with van der Waals surface area (Å²) in [7, 11) is 0. The first-order chi connectivity index (χ1) is 8.63. The lowest BCUT2D eigenvalue weighted by molar-refractivity contribution is 1.22. The van der Waals surface area contributed by atoms with Crippen molar-refractivity contribution in [1.29, 1.82) is 0 Å². The van der Waals surface area contributed by atoms with Gasteiger partial charge in [-0.3, -0.25) is 4.79 Å². The molecule has 0 unspecified atom stereocenters. The molecule has 0 radical (unpaired) electrons. The molecule has 2 heterocycles. The van der Waals surface area contributed by atoms with Crippen LogP contribution in [0.3, 0.4) is 0 Å². The number of imidazole rings is 1. The Morgan fingerprint density at radius 3 is 2.61 bits per heavy atom. The van der Waals surface area contributed by atoms with Crippen LogP contribution in [-0.4, -0.2) is 15.0 Å². The summed E-state index contributed by atoms with van der Waals surface area (Å²) in [6, 6.07) is 7.42. The van der Waals surface area contributed by atoms with E-state index in [1.807, 2.05) is 0 Å². The number of pyridine rings is 1. The lowest BCUT2D eigenvalue weighted by Gasteiger charge is -1.97. The lowest BCUT2D eigenvalue weighted by atomic mass is 10.1. The number of hydrogen-bond acceptors (Lipinski definition) is 2. The quantitative estimate of drug-likeness (QED) is 0.685. The van der Waals surface area contributed by atoms with Gasteiger partial charge in [-0.2, -0.15) is 0 Å². The molecule has 0 amide bonds. The van der Waals surface area contributed by atoms with Crippen molar-refractivity contribution in [2.75, 3.05) is 0 Å². The van der Waals surface area contributed by atoms with E-state index in [2.05, 4.69) is 40.9 Å². The number of benzene rings is 1. The van der Waals surface area contributed by atoms with Crippen LogP contribution in [0.5, 0.6) is 0 Å². The number of rotatable bonds is 1. The van der Waals surface area contributed by atoms with Crippen molar-refractivity contribution in [3.05, 3.63) is 51.9 Å². The Hall–Kier alpha value is -2.36. The van der Waals surface area contributed by atoms with E-state index < -0.39 is 0 Å². The first kappa shape index (κ1) is 10.8. The van der Waals surface area contributed by atoms with Crippen LogP contribution in [0.25, 0.3) is 22.4 Å². The molecule has 0 aliphatic carbocycles. The molecule has 1 aromatic carbocycles. The second-order valence-electron chi connectivity index (χ2n) is 4.48. The Bertz CT molecular complexity index is 724. The molecule has 90 valence electrons. The summed E-state index contributed by atoms with van der Waals surface area (Å²) in [6.07, 6.45) is 1.67. The minimum atomic E-state index is -0.110. The fourth-order valence-corrected chi connectivity index (χ4v) is 1.96. The average Bonchev–Trinajstić information content (AvgIpc) is 2.73. The van der Waals surface area contributed by atoms with Crippen molar-refractivity contribution < 1.29 is 0 Å². The minimum Gasteiger partial charge on any atom is -0.338 e. The first-order valence-electron chi connectivity index (χ1n) is 5.79. The van der Waals surface area contributed by atoms with E-state index in [-0.39, 0.29) is 5.56 Å². The van der Waals surface area contributed by atoms with Gasteiger partial charge in [0.05, 0.1) is 11.0 Å². The molecular formula is C14H13N3O. The zero-order chi connectivity index (χ0) is 12.7. The highest BCUT2D eigenvalue weighted by Crippen LogP contribution is 2.21. The van der Waals surface area contributed by atoms with Crippen molar-refractivity contribution in [2.45, 2.75) is 13.8 Å². The predicted octanol–water partition coefficient (Wildman–Crippen LogP) is 2.54. The van der Waals surface area contributed by atoms with Crippen LogP contribution in [0.1, 0.15) is 11.1 Å². The molecule has 2 aromatic heterocycles. The molecule has 0 aliphatic heterocycles. The zero-order valence-corrected chi connectivity index (χ0v) is 10.2. The fraction of sp³-hybridized carbons (Fsp3) is 0.143.